The van der Waals surface area contributed by atoms with E-state index in [1.54, 1.807) is 30.1 Å². The first-order valence-corrected chi connectivity index (χ1v) is 10.8. The molecule has 7 heteroatoms. The van der Waals surface area contributed by atoms with Gasteiger partial charge in [0.25, 0.3) is 5.91 Å². The number of nitrogens with zero attached hydrogens (tertiary/aromatic N) is 2. The van der Waals surface area contributed by atoms with E-state index in [0.29, 0.717) is 31.6 Å². The lowest BCUT2D eigenvalue weighted by atomic mass is 10.1. The second-order valence-corrected chi connectivity index (χ2v) is 8.65. The van der Waals surface area contributed by atoms with Crippen LogP contribution in [0.2, 0.25) is 0 Å². The molecule has 1 amide bonds. The molecule has 0 aliphatic carbocycles. The van der Waals surface area contributed by atoms with E-state index in [2.05, 4.69) is 0 Å². The average Bonchev–Trinajstić information content (AvgIpc) is 2.67. The molecule has 146 valence electrons. The van der Waals surface area contributed by atoms with Crippen LogP contribution in [0.1, 0.15) is 49.9 Å². The number of benzene rings is 1. The molecule has 0 radical (unpaired) electrons. The standard InChI is InChI=1S/C19H30N2O4S/c1-4-21(5-2)19(22)16-9-8-11-18(15-16)26(23,24)20(3)13-12-17-10-6-7-14-25-17/h8-9,11,15,17H,4-7,10,12-14H2,1-3H3. The Balaban J connectivity index is 2.09. The van der Waals surface area contributed by atoms with Crippen LogP contribution in [0.5, 0.6) is 0 Å². The minimum absolute atomic E-state index is 0.136. The summed E-state index contributed by atoms with van der Waals surface area (Å²) >= 11 is 0. The molecule has 1 unspecified atom stereocenters. The minimum atomic E-state index is -3.63. The van der Waals surface area contributed by atoms with E-state index in [4.69, 9.17) is 4.74 Å². The highest BCUT2D eigenvalue weighted by atomic mass is 32.2. The van der Waals surface area contributed by atoms with Crippen LogP contribution in [-0.2, 0) is 14.8 Å². The molecule has 26 heavy (non-hydrogen) atoms. The third-order valence-electron chi connectivity index (χ3n) is 4.88. The summed E-state index contributed by atoms with van der Waals surface area (Å²) in [4.78, 5) is 14.3. The summed E-state index contributed by atoms with van der Waals surface area (Å²) in [5.74, 6) is -0.148. The van der Waals surface area contributed by atoms with Crippen LogP contribution in [0.25, 0.3) is 0 Å². The van der Waals surface area contributed by atoms with Crippen molar-refractivity contribution in [1.29, 1.82) is 0 Å². The maximum Gasteiger partial charge on any atom is 0.253 e. The van der Waals surface area contributed by atoms with Crippen molar-refractivity contribution in [2.75, 3.05) is 33.3 Å². The first-order valence-electron chi connectivity index (χ1n) is 9.37. The van der Waals surface area contributed by atoms with Crippen LogP contribution < -0.4 is 0 Å². The van der Waals surface area contributed by atoms with Crippen molar-refractivity contribution in [3.05, 3.63) is 29.8 Å². The van der Waals surface area contributed by atoms with Crippen molar-refractivity contribution in [1.82, 2.24) is 9.21 Å². The van der Waals surface area contributed by atoms with Gasteiger partial charge in [-0.05, 0) is 57.7 Å². The zero-order valence-electron chi connectivity index (χ0n) is 16.0. The maximum atomic E-state index is 12.8. The molecule has 0 aromatic heterocycles. The zero-order valence-corrected chi connectivity index (χ0v) is 16.8. The molecule has 1 aliphatic rings. The Hall–Kier alpha value is -1.44. The largest absolute Gasteiger partial charge is 0.378 e. The fourth-order valence-electron chi connectivity index (χ4n) is 3.14. The number of rotatable bonds is 8. The summed E-state index contributed by atoms with van der Waals surface area (Å²) in [6.45, 7) is 6.16. The molecular formula is C19H30N2O4S. The molecule has 2 rings (SSSR count). The summed E-state index contributed by atoms with van der Waals surface area (Å²) in [6.07, 6.45) is 4.03. The van der Waals surface area contributed by atoms with Crippen molar-refractivity contribution >= 4 is 15.9 Å². The normalized spacial score (nSPS) is 18.1. The number of hydrogen-bond acceptors (Lipinski definition) is 4. The Labute approximate surface area is 157 Å². The Morgan fingerprint density at radius 1 is 1.23 bits per heavy atom. The summed E-state index contributed by atoms with van der Waals surface area (Å²) in [5, 5.41) is 0. The highest BCUT2D eigenvalue weighted by Gasteiger charge is 2.24. The molecule has 1 aromatic carbocycles. The van der Waals surface area contributed by atoms with Gasteiger partial charge in [0.15, 0.2) is 0 Å². The lowest BCUT2D eigenvalue weighted by Crippen LogP contribution is -2.32. The highest BCUT2D eigenvalue weighted by molar-refractivity contribution is 7.89. The molecule has 0 N–H and O–H groups in total. The third-order valence-corrected chi connectivity index (χ3v) is 6.73. The number of amides is 1. The molecule has 1 fully saturated rings. The Morgan fingerprint density at radius 3 is 2.58 bits per heavy atom. The molecule has 1 aromatic rings. The van der Waals surface area contributed by atoms with E-state index in [1.807, 2.05) is 13.8 Å². The SMILES string of the molecule is CCN(CC)C(=O)c1cccc(S(=O)(=O)N(C)CCC2CCCCO2)c1. The topological polar surface area (TPSA) is 66.9 Å². The van der Waals surface area contributed by atoms with Gasteiger partial charge in [-0.25, -0.2) is 12.7 Å². The first kappa shape index (κ1) is 20.9. The minimum Gasteiger partial charge on any atom is -0.378 e. The van der Waals surface area contributed by atoms with E-state index in [-0.39, 0.29) is 16.9 Å². The Morgan fingerprint density at radius 2 is 1.96 bits per heavy atom. The number of ether oxygens (including phenoxy) is 1. The van der Waals surface area contributed by atoms with E-state index in [1.165, 1.54) is 10.4 Å². The Bertz CT molecular complexity index is 695. The van der Waals surface area contributed by atoms with Gasteiger partial charge >= 0.3 is 0 Å². The van der Waals surface area contributed by atoms with Crippen molar-refractivity contribution in [3.63, 3.8) is 0 Å². The van der Waals surface area contributed by atoms with Crippen LogP contribution in [0.4, 0.5) is 0 Å². The van der Waals surface area contributed by atoms with Crippen LogP contribution >= 0.6 is 0 Å². The maximum absolute atomic E-state index is 12.8. The van der Waals surface area contributed by atoms with Crippen molar-refractivity contribution in [2.45, 2.75) is 50.5 Å². The van der Waals surface area contributed by atoms with Gasteiger partial charge in [-0.15, -0.1) is 0 Å². The average molecular weight is 383 g/mol. The fourth-order valence-corrected chi connectivity index (χ4v) is 4.38. The van der Waals surface area contributed by atoms with Gasteiger partial charge in [0.2, 0.25) is 10.0 Å². The van der Waals surface area contributed by atoms with E-state index < -0.39 is 10.0 Å². The van der Waals surface area contributed by atoms with Crippen LogP contribution in [0, 0.1) is 0 Å². The summed E-state index contributed by atoms with van der Waals surface area (Å²) in [7, 11) is -2.05. The van der Waals surface area contributed by atoms with Crippen LogP contribution in [0.3, 0.4) is 0 Å². The number of carbonyl (C=O) groups is 1. The van der Waals surface area contributed by atoms with Crippen molar-refractivity contribution < 1.29 is 17.9 Å². The van der Waals surface area contributed by atoms with Crippen molar-refractivity contribution in [2.24, 2.45) is 0 Å². The molecule has 0 spiro atoms. The molecule has 0 saturated carbocycles. The van der Waals surface area contributed by atoms with Crippen LogP contribution in [0.15, 0.2) is 29.2 Å². The molecular weight excluding hydrogens is 352 g/mol. The van der Waals surface area contributed by atoms with Crippen molar-refractivity contribution in [3.8, 4) is 0 Å². The van der Waals surface area contributed by atoms with E-state index in [0.717, 1.165) is 25.9 Å². The predicted octanol–water partition coefficient (Wildman–Crippen LogP) is 2.75. The summed E-state index contributed by atoms with van der Waals surface area (Å²) < 4.78 is 32.7. The first-order chi connectivity index (χ1) is 12.4. The van der Waals surface area contributed by atoms with Gasteiger partial charge in [-0.1, -0.05) is 6.07 Å². The quantitative estimate of drug-likeness (QED) is 0.693. The smallest absolute Gasteiger partial charge is 0.253 e. The van der Waals surface area contributed by atoms with Gasteiger partial charge in [0.05, 0.1) is 11.0 Å². The number of sulfonamides is 1. The summed E-state index contributed by atoms with van der Waals surface area (Å²) in [5.41, 5.74) is 0.402. The molecule has 1 atom stereocenters. The molecule has 1 saturated heterocycles. The lowest BCUT2D eigenvalue weighted by molar-refractivity contribution is 0.00950. The number of hydrogen-bond donors (Lipinski definition) is 0. The fraction of sp³-hybridized carbons (Fsp3) is 0.632. The van der Waals surface area contributed by atoms with Gasteiger partial charge in [-0.2, -0.15) is 0 Å². The lowest BCUT2D eigenvalue weighted by Gasteiger charge is -2.25. The summed E-state index contributed by atoms with van der Waals surface area (Å²) in [6, 6.07) is 6.31. The second kappa shape index (κ2) is 9.48. The van der Waals surface area contributed by atoms with E-state index >= 15 is 0 Å². The van der Waals surface area contributed by atoms with Gasteiger partial charge in [0.1, 0.15) is 0 Å². The molecule has 1 heterocycles. The number of carbonyl (C=O) groups excluding carboxylic acids is 1. The second-order valence-electron chi connectivity index (χ2n) is 6.61. The highest BCUT2D eigenvalue weighted by Crippen LogP contribution is 2.20. The van der Waals surface area contributed by atoms with Crippen LogP contribution in [-0.4, -0.2) is 62.9 Å². The van der Waals surface area contributed by atoms with Gasteiger partial charge < -0.3 is 9.64 Å². The van der Waals surface area contributed by atoms with E-state index in [9.17, 15) is 13.2 Å². The zero-order chi connectivity index (χ0) is 19.2. The monoisotopic (exact) mass is 382 g/mol. The van der Waals surface area contributed by atoms with Gasteiger partial charge in [0, 0.05) is 38.9 Å². The van der Waals surface area contributed by atoms with Gasteiger partial charge in [-0.3, -0.25) is 4.79 Å². The Kier molecular flexibility index (Phi) is 7.61. The molecule has 6 nitrogen and oxygen atoms in total. The molecule has 0 bridgehead atoms. The predicted molar refractivity (Wildman–Crippen MR) is 102 cm³/mol. The third kappa shape index (κ3) is 5.05. The molecule has 1 aliphatic heterocycles.